The van der Waals surface area contributed by atoms with E-state index in [1.54, 1.807) is 0 Å². The number of hydrogen-bond acceptors (Lipinski definition) is 1. The molecule has 0 aliphatic carbocycles. The summed E-state index contributed by atoms with van der Waals surface area (Å²) in [7, 11) is 0. The standard InChI is InChI=1S/C10H23N/c1-5-8-10(4,6-2)9-11-7-3/h11H,5-9H2,1-4H3. The summed E-state index contributed by atoms with van der Waals surface area (Å²) in [6.07, 6.45) is 3.93. The first-order valence-corrected chi connectivity index (χ1v) is 4.89. The van der Waals surface area contributed by atoms with Crippen LogP contribution in [0.3, 0.4) is 0 Å². The lowest BCUT2D eigenvalue weighted by Crippen LogP contribution is -2.31. The van der Waals surface area contributed by atoms with Gasteiger partial charge in [0.05, 0.1) is 0 Å². The van der Waals surface area contributed by atoms with Crippen molar-refractivity contribution in [1.29, 1.82) is 0 Å². The lowest BCUT2D eigenvalue weighted by molar-refractivity contribution is 0.269. The first-order valence-electron chi connectivity index (χ1n) is 4.89. The Balaban J connectivity index is 3.68. The van der Waals surface area contributed by atoms with E-state index in [0.29, 0.717) is 5.41 Å². The minimum atomic E-state index is 0.532. The highest BCUT2D eigenvalue weighted by molar-refractivity contribution is 4.74. The second-order valence-corrected chi connectivity index (χ2v) is 3.69. The lowest BCUT2D eigenvalue weighted by Gasteiger charge is -2.27. The molecule has 1 N–H and O–H groups in total. The number of rotatable bonds is 6. The van der Waals surface area contributed by atoms with Gasteiger partial charge in [-0.05, 0) is 24.8 Å². The lowest BCUT2D eigenvalue weighted by atomic mass is 9.83. The molecule has 0 spiro atoms. The highest BCUT2D eigenvalue weighted by Gasteiger charge is 2.19. The maximum atomic E-state index is 3.42. The van der Waals surface area contributed by atoms with Crippen molar-refractivity contribution in [1.82, 2.24) is 5.32 Å². The summed E-state index contributed by atoms with van der Waals surface area (Å²) in [5.74, 6) is 0. The van der Waals surface area contributed by atoms with Gasteiger partial charge < -0.3 is 5.32 Å². The molecule has 0 rings (SSSR count). The fourth-order valence-electron chi connectivity index (χ4n) is 1.42. The second kappa shape index (κ2) is 5.59. The van der Waals surface area contributed by atoms with Gasteiger partial charge in [-0.25, -0.2) is 0 Å². The molecule has 0 amide bonds. The molecule has 11 heavy (non-hydrogen) atoms. The van der Waals surface area contributed by atoms with E-state index in [0.717, 1.165) is 6.54 Å². The second-order valence-electron chi connectivity index (χ2n) is 3.69. The Kier molecular flexibility index (Phi) is 5.57. The van der Waals surface area contributed by atoms with Crippen molar-refractivity contribution in [3.05, 3.63) is 0 Å². The van der Waals surface area contributed by atoms with Crippen LogP contribution < -0.4 is 5.32 Å². The van der Waals surface area contributed by atoms with Crippen molar-refractivity contribution < 1.29 is 0 Å². The fourth-order valence-corrected chi connectivity index (χ4v) is 1.42. The van der Waals surface area contributed by atoms with Crippen LogP contribution in [-0.4, -0.2) is 13.1 Å². The Morgan fingerprint density at radius 3 is 2.18 bits per heavy atom. The SMILES string of the molecule is CCCC(C)(CC)CNCC. The first-order chi connectivity index (χ1) is 5.18. The minimum absolute atomic E-state index is 0.532. The molecule has 1 unspecified atom stereocenters. The Morgan fingerprint density at radius 1 is 1.18 bits per heavy atom. The Labute approximate surface area is 71.6 Å². The topological polar surface area (TPSA) is 12.0 Å². The monoisotopic (exact) mass is 157 g/mol. The van der Waals surface area contributed by atoms with Crippen molar-refractivity contribution in [2.45, 2.75) is 47.0 Å². The molecule has 0 aliphatic heterocycles. The molecule has 68 valence electrons. The zero-order chi connectivity index (χ0) is 8.74. The van der Waals surface area contributed by atoms with Crippen molar-refractivity contribution in [3.8, 4) is 0 Å². The van der Waals surface area contributed by atoms with Crippen LogP contribution in [0.5, 0.6) is 0 Å². The van der Waals surface area contributed by atoms with Crippen molar-refractivity contribution >= 4 is 0 Å². The van der Waals surface area contributed by atoms with E-state index in [1.165, 1.54) is 25.8 Å². The van der Waals surface area contributed by atoms with Crippen LogP contribution in [-0.2, 0) is 0 Å². The molecule has 0 aromatic carbocycles. The van der Waals surface area contributed by atoms with Gasteiger partial charge in [0.1, 0.15) is 0 Å². The number of hydrogen-bond donors (Lipinski definition) is 1. The van der Waals surface area contributed by atoms with Crippen LogP contribution in [0.4, 0.5) is 0 Å². The van der Waals surface area contributed by atoms with Crippen molar-refractivity contribution in [2.75, 3.05) is 13.1 Å². The molecule has 0 radical (unpaired) electrons. The van der Waals surface area contributed by atoms with E-state index < -0.39 is 0 Å². The van der Waals surface area contributed by atoms with Crippen molar-refractivity contribution in [3.63, 3.8) is 0 Å². The van der Waals surface area contributed by atoms with Gasteiger partial charge in [-0.2, -0.15) is 0 Å². The zero-order valence-electron chi connectivity index (χ0n) is 8.54. The largest absolute Gasteiger partial charge is 0.316 e. The van der Waals surface area contributed by atoms with E-state index in [-0.39, 0.29) is 0 Å². The molecular formula is C10H23N. The molecule has 0 bridgehead atoms. The van der Waals surface area contributed by atoms with Gasteiger partial charge in [0.15, 0.2) is 0 Å². The van der Waals surface area contributed by atoms with Crippen LogP contribution in [0.25, 0.3) is 0 Å². The molecule has 0 aromatic rings. The van der Waals surface area contributed by atoms with E-state index in [1.807, 2.05) is 0 Å². The van der Waals surface area contributed by atoms with Crippen LogP contribution in [0.1, 0.15) is 47.0 Å². The average molecular weight is 157 g/mol. The molecule has 0 saturated carbocycles. The summed E-state index contributed by atoms with van der Waals surface area (Å²) in [4.78, 5) is 0. The van der Waals surface area contributed by atoms with Gasteiger partial charge in [-0.3, -0.25) is 0 Å². The van der Waals surface area contributed by atoms with Gasteiger partial charge in [0.25, 0.3) is 0 Å². The van der Waals surface area contributed by atoms with E-state index in [4.69, 9.17) is 0 Å². The summed E-state index contributed by atoms with van der Waals surface area (Å²) in [5.41, 5.74) is 0.532. The molecule has 1 nitrogen and oxygen atoms in total. The third kappa shape index (κ3) is 4.41. The maximum absolute atomic E-state index is 3.42. The van der Waals surface area contributed by atoms with Gasteiger partial charge in [0.2, 0.25) is 0 Å². The van der Waals surface area contributed by atoms with Crippen LogP contribution in [0, 0.1) is 5.41 Å². The molecular weight excluding hydrogens is 134 g/mol. The normalized spacial score (nSPS) is 16.4. The summed E-state index contributed by atoms with van der Waals surface area (Å²) < 4.78 is 0. The molecule has 0 aromatic heterocycles. The quantitative estimate of drug-likeness (QED) is 0.625. The molecule has 0 heterocycles. The van der Waals surface area contributed by atoms with E-state index >= 15 is 0 Å². The molecule has 0 aliphatic rings. The van der Waals surface area contributed by atoms with Crippen LogP contribution in [0.2, 0.25) is 0 Å². The summed E-state index contributed by atoms with van der Waals surface area (Å²) in [6.45, 7) is 11.4. The predicted molar refractivity (Wildman–Crippen MR) is 51.8 cm³/mol. The molecule has 0 fully saturated rings. The predicted octanol–water partition coefficient (Wildman–Crippen LogP) is 2.81. The Morgan fingerprint density at radius 2 is 1.82 bits per heavy atom. The van der Waals surface area contributed by atoms with E-state index in [2.05, 4.69) is 33.0 Å². The van der Waals surface area contributed by atoms with Gasteiger partial charge in [-0.1, -0.05) is 34.1 Å². The third-order valence-corrected chi connectivity index (χ3v) is 2.51. The maximum Gasteiger partial charge on any atom is 0.000494 e. The Hall–Kier alpha value is -0.0400. The third-order valence-electron chi connectivity index (χ3n) is 2.51. The highest BCUT2D eigenvalue weighted by Crippen LogP contribution is 2.25. The van der Waals surface area contributed by atoms with Gasteiger partial charge >= 0.3 is 0 Å². The molecule has 1 atom stereocenters. The molecule has 1 heteroatoms. The van der Waals surface area contributed by atoms with Gasteiger partial charge in [0, 0.05) is 6.54 Å². The minimum Gasteiger partial charge on any atom is -0.316 e. The van der Waals surface area contributed by atoms with E-state index in [9.17, 15) is 0 Å². The summed E-state index contributed by atoms with van der Waals surface area (Å²) in [5, 5.41) is 3.42. The fraction of sp³-hybridized carbons (Fsp3) is 1.00. The average Bonchev–Trinajstić information content (AvgIpc) is 2.02. The zero-order valence-corrected chi connectivity index (χ0v) is 8.54. The Bertz CT molecular complexity index is 90.9. The highest BCUT2D eigenvalue weighted by atomic mass is 14.9. The number of nitrogens with one attached hydrogen (secondary N) is 1. The van der Waals surface area contributed by atoms with Crippen molar-refractivity contribution in [2.24, 2.45) is 5.41 Å². The van der Waals surface area contributed by atoms with Crippen LogP contribution in [0.15, 0.2) is 0 Å². The smallest absolute Gasteiger partial charge is 0.000494 e. The summed E-state index contributed by atoms with van der Waals surface area (Å²) >= 11 is 0. The summed E-state index contributed by atoms with van der Waals surface area (Å²) in [6, 6.07) is 0. The van der Waals surface area contributed by atoms with Gasteiger partial charge in [-0.15, -0.1) is 0 Å². The van der Waals surface area contributed by atoms with Crippen LogP contribution >= 0.6 is 0 Å². The molecule has 0 saturated heterocycles. The first kappa shape index (κ1) is 11.0.